The number of halogens is 1. The lowest BCUT2D eigenvalue weighted by Crippen LogP contribution is -2.17. The van der Waals surface area contributed by atoms with Gasteiger partial charge in [-0.05, 0) is 24.6 Å². The molecule has 7 heteroatoms. The molecular formula is C14H17FN4OS. The SMILES string of the molecule is CCCN(C)c1nc(N)c(C(=O)Nc2cccc(F)c2)s1. The normalized spacial score (nSPS) is 10.4. The maximum absolute atomic E-state index is 13.1. The van der Waals surface area contributed by atoms with E-state index in [1.165, 1.54) is 29.5 Å². The van der Waals surface area contributed by atoms with Crippen LogP contribution in [0.15, 0.2) is 24.3 Å². The molecule has 1 aromatic heterocycles. The minimum absolute atomic E-state index is 0.187. The van der Waals surface area contributed by atoms with Gasteiger partial charge in [0.15, 0.2) is 5.13 Å². The summed E-state index contributed by atoms with van der Waals surface area (Å²) in [6, 6.07) is 5.71. The number of nitrogens with one attached hydrogen (secondary N) is 1. The molecule has 1 heterocycles. The highest BCUT2D eigenvalue weighted by Gasteiger charge is 2.18. The molecule has 1 aromatic carbocycles. The number of thiazole rings is 1. The molecule has 0 atom stereocenters. The van der Waals surface area contributed by atoms with Crippen molar-refractivity contribution in [3.05, 3.63) is 35.0 Å². The van der Waals surface area contributed by atoms with Crippen LogP contribution in [0.4, 0.5) is 21.0 Å². The number of carbonyl (C=O) groups is 1. The second kappa shape index (κ2) is 6.53. The van der Waals surface area contributed by atoms with Crippen LogP contribution < -0.4 is 16.0 Å². The third-order valence-corrected chi connectivity index (χ3v) is 4.00. The number of aromatic nitrogens is 1. The zero-order valence-electron chi connectivity index (χ0n) is 11.9. The van der Waals surface area contributed by atoms with Gasteiger partial charge in [0.2, 0.25) is 0 Å². The van der Waals surface area contributed by atoms with Crippen LogP contribution in [0.5, 0.6) is 0 Å². The van der Waals surface area contributed by atoms with Gasteiger partial charge in [-0.2, -0.15) is 0 Å². The fraction of sp³-hybridized carbons (Fsp3) is 0.286. The predicted molar refractivity (Wildman–Crippen MR) is 84.4 cm³/mol. The van der Waals surface area contributed by atoms with E-state index >= 15 is 0 Å². The molecule has 3 N–H and O–H groups in total. The van der Waals surface area contributed by atoms with E-state index in [1.54, 1.807) is 6.07 Å². The van der Waals surface area contributed by atoms with Gasteiger partial charge in [-0.15, -0.1) is 0 Å². The third kappa shape index (κ3) is 3.69. The van der Waals surface area contributed by atoms with E-state index in [4.69, 9.17) is 5.73 Å². The zero-order chi connectivity index (χ0) is 15.4. The summed E-state index contributed by atoms with van der Waals surface area (Å²) in [5.41, 5.74) is 6.18. The van der Waals surface area contributed by atoms with E-state index < -0.39 is 5.82 Å². The monoisotopic (exact) mass is 308 g/mol. The van der Waals surface area contributed by atoms with Crippen LogP contribution in [-0.2, 0) is 0 Å². The first-order valence-corrected chi connectivity index (χ1v) is 7.37. The first-order valence-electron chi connectivity index (χ1n) is 6.55. The van der Waals surface area contributed by atoms with Crippen LogP contribution in [0.3, 0.4) is 0 Å². The molecule has 0 aliphatic heterocycles. The lowest BCUT2D eigenvalue weighted by molar-refractivity contribution is 0.103. The number of hydrogen-bond donors (Lipinski definition) is 2. The van der Waals surface area contributed by atoms with Gasteiger partial charge in [0.05, 0.1) is 0 Å². The largest absolute Gasteiger partial charge is 0.382 e. The van der Waals surface area contributed by atoms with Crippen LogP contribution in [0.25, 0.3) is 0 Å². The number of rotatable bonds is 5. The van der Waals surface area contributed by atoms with Gasteiger partial charge in [-0.1, -0.05) is 24.3 Å². The molecule has 0 aliphatic rings. The van der Waals surface area contributed by atoms with Crippen molar-refractivity contribution in [2.45, 2.75) is 13.3 Å². The maximum Gasteiger partial charge on any atom is 0.269 e. The lowest BCUT2D eigenvalue weighted by Gasteiger charge is -2.13. The zero-order valence-corrected chi connectivity index (χ0v) is 12.7. The Morgan fingerprint density at radius 2 is 2.29 bits per heavy atom. The molecule has 0 radical (unpaired) electrons. The number of nitrogen functional groups attached to an aromatic ring is 1. The highest BCUT2D eigenvalue weighted by atomic mass is 32.1. The van der Waals surface area contributed by atoms with Crippen molar-refractivity contribution in [1.82, 2.24) is 4.98 Å². The Labute approximate surface area is 126 Å². The van der Waals surface area contributed by atoms with E-state index in [0.29, 0.717) is 15.7 Å². The molecule has 0 fully saturated rings. The van der Waals surface area contributed by atoms with Crippen LogP contribution >= 0.6 is 11.3 Å². The number of benzene rings is 1. The first-order chi connectivity index (χ1) is 10.0. The van der Waals surface area contributed by atoms with Crippen molar-refractivity contribution in [2.24, 2.45) is 0 Å². The van der Waals surface area contributed by atoms with Gasteiger partial charge in [-0.25, -0.2) is 9.37 Å². The molecule has 0 bridgehead atoms. The summed E-state index contributed by atoms with van der Waals surface area (Å²) >= 11 is 1.22. The number of nitrogens with zero attached hydrogens (tertiary/aromatic N) is 2. The Bertz CT molecular complexity index is 644. The van der Waals surface area contributed by atoms with E-state index in [1.807, 2.05) is 11.9 Å². The van der Waals surface area contributed by atoms with Crippen molar-refractivity contribution >= 4 is 33.9 Å². The number of carbonyl (C=O) groups excluding carboxylic acids is 1. The summed E-state index contributed by atoms with van der Waals surface area (Å²) in [5.74, 6) is -0.605. The molecular weight excluding hydrogens is 291 g/mol. The van der Waals surface area contributed by atoms with Crippen molar-refractivity contribution in [2.75, 3.05) is 29.5 Å². The minimum Gasteiger partial charge on any atom is -0.382 e. The lowest BCUT2D eigenvalue weighted by atomic mass is 10.3. The van der Waals surface area contributed by atoms with Crippen molar-refractivity contribution in [1.29, 1.82) is 0 Å². The quantitative estimate of drug-likeness (QED) is 0.891. The Kier molecular flexibility index (Phi) is 4.74. The molecule has 0 spiro atoms. The summed E-state index contributed by atoms with van der Waals surface area (Å²) < 4.78 is 13.1. The van der Waals surface area contributed by atoms with Gasteiger partial charge in [0.1, 0.15) is 16.5 Å². The van der Waals surface area contributed by atoms with E-state index in [0.717, 1.165) is 13.0 Å². The fourth-order valence-corrected chi connectivity index (χ4v) is 2.70. The molecule has 0 saturated heterocycles. The maximum atomic E-state index is 13.1. The Morgan fingerprint density at radius 3 is 2.95 bits per heavy atom. The number of amides is 1. The molecule has 112 valence electrons. The van der Waals surface area contributed by atoms with E-state index in [-0.39, 0.29) is 11.7 Å². The van der Waals surface area contributed by atoms with Crippen LogP contribution in [0, 0.1) is 5.82 Å². The van der Waals surface area contributed by atoms with Gasteiger partial charge in [0, 0.05) is 19.3 Å². The minimum atomic E-state index is -0.409. The molecule has 21 heavy (non-hydrogen) atoms. The predicted octanol–water partition coefficient (Wildman–Crippen LogP) is 2.96. The van der Waals surface area contributed by atoms with Crippen molar-refractivity contribution in [3.63, 3.8) is 0 Å². The number of anilines is 3. The first kappa shape index (κ1) is 15.2. The molecule has 0 unspecified atom stereocenters. The summed E-state index contributed by atoms with van der Waals surface area (Å²) in [4.78, 5) is 18.7. The Morgan fingerprint density at radius 1 is 1.52 bits per heavy atom. The second-order valence-electron chi connectivity index (χ2n) is 4.60. The topological polar surface area (TPSA) is 71.2 Å². The highest BCUT2D eigenvalue weighted by Crippen LogP contribution is 2.28. The summed E-state index contributed by atoms with van der Waals surface area (Å²) in [7, 11) is 1.90. The van der Waals surface area contributed by atoms with Crippen LogP contribution in [0.2, 0.25) is 0 Å². The van der Waals surface area contributed by atoms with Gasteiger partial charge >= 0.3 is 0 Å². The third-order valence-electron chi connectivity index (χ3n) is 2.82. The van der Waals surface area contributed by atoms with E-state index in [2.05, 4.69) is 17.2 Å². The molecule has 5 nitrogen and oxygen atoms in total. The highest BCUT2D eigenvalue weighted by molar-refractivity contribution is 7.18. The number of hydrogen-bond acceptors (Lipinski definition) is 5. The standard InChI is InChI=1S/C14H17FN4OS/c1-3-7-19(2)14-18-12(16)11(21-14)13(20)17-10-6-4-5-9(15)8-10/h4-6,8H,3,7,16H2,1-2H3,(H,17,20). The Balaban J connectivity index is 2.16. The number of nitrogens with two attached hydrogens (primary N) is 1. The second-order valence-corrected chi connectivity index (χ2v) is 5.57. The van der Waals surface area contributed by atoms with Gasteiger partial charge < -0.3 is 16.0 Å². The fourth-order valence-electron chi connectivity index (χ4n) is 1.83. The summed E-state index contributed by atoms with van der Waals surface area (Å²) in [6.45, 7) is 2.89. The van der Waals surface area contributed by atoms with Gasteiger partial charge in [0.25, 0.3) is 5.91 Å². The average molecular weight is 308 g/mol. The van der Waals surface area contributed by atoms with Crippen LogP contribution in [0.1, 0.15) is 23.0 Å². The molecule has 0 saturated carbocycles. The van der Waals surface area contributed by atoms with Crippen molar-refractivity contribution in [3.8, 4) is 0 Å². The van der Waals surface area contributed by atoms with Crippen molar-refractivity contribution < 1.29 is 9.18 Å². The summed E-state index contributed by atoms with van der Waals surface area (Å²) in [5, 5.41) is 3.31. The molecule has 2 aromatic rings. The van der Waals surface area contributed by atoms with Crippen LogP contribution in [-0.4, -0.2) is 24.5 Å². The average Bonchev–Trinajstić information content (AvgIpc) is 2.81. The molecule has 1 amide bonds. The molecule has 0 aliphatic carbocycles. The Hall–Kier alpha value is -2.15. The van der Waals surface area contributed by atoms with E-state index in [9.17, 15) is 9.18 Å². The smallest absolute Gasteiger partial charge is 0.269 e. The molecule has 2 rings (SSSR count). The van der Waals surface area contributed by atoms with Gasteiger partial charge in [-0.3, -0.25) is 4.79 Å². The summed E-state index contributed by atoms with van der Waals surface area (Å²) in [6.07, 6.45) is 0.973.